The van der Waals surface area contributed by atoms with Crippen molar-refractivity contribution in [3.63, 3.8) is 0 Å². The van der Waals surface area contributed by atoms with E-state index in [0.717, 1.165) is 31.2 Å². The van der Waals surface area contributed by atoms with Crippen molar-refractivity contribution in [3.8, 4) is 5.75 Å². The molecule has 0 radical (unpaired) electrons. The van der Waals surface area contributed by atoms with E-state index >= 15 is 0 Å². The summed E-state index contributed by atoms with van der Waals surface area (Å²) < 4.78 is 18.4. The first-order valence-electron chi connectivity index (χ1n) is 7.85. The standard InChI is InChI=1S/C17H24FNO3/c1-22-16-7-5-12(10-15(16)18)6-8-17(21)19-11-13-3-2-4-14(20)9-13/h5,7,10,13-14,20H,2-4,6,8-9,11H2,1H3,(H,19,21). The molecule has 1 aliphatic rings. The minimum Gasteiger partial charge on any atom is -0.494 e. The second-order valence-corrected chi connectivity index (χ2v) is 5.96. The summed E-state index contributed by atoms with van der Waals surface area (Å²) in [7, 11) is 1.42. The fraction of sp³-hybridized carbons (Fsp3) is 0.588. The Balaban J connectivity index is 1.72. The summed E-state index contributed by atoms with van der Waals surface area (Å²) >= 11 is 0. The van der Waals surface area contributed by atoms with Gasteiger partial charge in [-0.2, -0.15) is 0 Å². The van der Waals surface area contributed by atoms with Crippen molar-refractivity contribution in [2.75, 3.05) is 13.7 Å². The fourth-order valence-corrected chi connectivity index (χ4v) is 2.92. The van der Waals surface area contributed by atoms with Gasteiger partial charge in [0.2, 0.25) is 5.91 Å². The molecule has 1 amide bonds. The van der Waals surface area contributed by atoms with Gasteiger partial charge in [-0.05, 0) is 49.3 Å². The Kier molecular flexibility index (Phi) is 6.19. The molecular weight excluding hydrogens is 285 g/mol. The van der Waals surface area contributed by atoms with E-state index in [0.29, 0.717) is 25.3 Å². The predicted octanol–water partition coefficient (Wildman–Crippen LogP) is 2.43. The van der Waals surface area contributed by atoms with Gasteiger partial charge in [-0.3, -0.25) is 4.79 Å². The molecular formula is C17H24FNO3. The molecule has 122 valence electrons. The number of hydrogen-bond donors (Lipinski definition) is 2. The average molecular weight is 309 g/mol. The highest BCUT2D eigenvalue weighted by Gasteiger charge is 2.20. The van der Waals surface area contributed by atoms with Gasteiger partial charge in [-0.15, -0.1) is 0 Å². The average Bonchev–Trinajstić information content (AvgIpc) is 2.51. The molecule has 1 saturated carbocycles. The fourth-order valence-electron chi connectivity index (χ4n) is 2.92. The van der Waals surface area contributed by atoms with Crippen LogP contribution in [0.3, 0.4) is 0 Å². The molecule has 22 heavy (non-hydrogen) atoms. The lowest BCUT2D eigenvalue weighted by atomic mass is 9.87. The topological polar surface area (TPSA) is 58.6 Å². The Labute approximate surface area is 130 Å². The number of aliphatic hydroxyl groups excluding tert-OH is 1. The molecule has 5 heteroatoms. The van der Waals surface area contributed by atoms with Gasteiger partial charge >= 0.3 is 0 Å². The van der Waals surface area contributed by atoms with E-state index in [1.165, 1.54) is 13.2 Å². The van der Waals surface area contributed by atoms with Gasteiger partial charge in [0.15, 0.2) is 11.6 Å². The zero-order valence-corrected chi connectivity index (χ0v) is 13.0. The molecule has 2 rings (SSSR count). The number of methoxy groups -OCH3 is 1. The molecule has 2 N–H and O–H groups in total. The van der Waals surface area contributed by atoms with Gasteiger partial charge in [0.25, 0.3) is 0 Å². The van der Waals surface area contributed by atoms with Crippen LogP contribution in [0.1, 0.15) is 37.7 Å². The summed E-state index contributed by atoms with van der Waals surface area (Å²) in [6.45, 7) is 0.618. The number of ether oxygens (including phenoxy) is 1. The molecule has 1 aliphatic carbocycles. The van der Waals surface area contributed by atoms with Gasteiger partial charge in [0.1, 0.15) is 0 Å². The maximum atomic E-state index is 13.6. The monoisotopic (exact) mass is 309 g/mol. The minimum atomic E-state index is -0.406. The summed E-state index contributed by atoms with van der Waals surface area (Å²) in [6, 6.07) is 4.75. The number of rotatable bonds is 6. The maximum Gasteiger partial charge on any atom is 0.220 e. The lowest BCUT2D eigenvalue weighted by Gasteiger charge is -2.25. The molecule has 1 aromatic rings. The van der Waals surface area contributed by atoms with Crippen LogP contribution in [-0.2, 0) is 11.2 Å². The van der Waals surface area contributed by atoms with E-state index in [1.807, 2.05) is 0 Å². The Hall–Kier alpha value is -1.62. The minimum absolute atomic E-state index is 0.0312. The summed E-state index contributed by atoms with van der Waals surface area (Å²) in [5, 5.41) is 12.5. The number of aliphatic hydroxyl groups is 1. The predicted molar refractivity (Wildman–Crippen MR) is 82.2 cm³/mol. The molecule has 2 unspecified atom stereocenters. The van der Waals surface area contributed by atoms with Crippen LogP contribution in [0.5, 0.6) is 5.75 Å². The van der Waals surface area contributed by atoms with Crippen LogP contribution in [-0.4, -0.2) is 30.8 Å². The molecule has 0 aromatic heterocycles. The summed E-state index contributed by atoms with van der Waals surface area (Å²) in [5.74, 6) is 0.142. The van der Waals surface area contributed by atoms with Crippen molar-refractivity contribution >= 4 is 5.91 Å². The van der Waals surface area contributed by atoms with Crippen molar-refractivity contribution in [2.24, 2.45) is 5.92 Å². The molecule has 2 atom stereocenters. The number of aryl methyl sites for hydroxylation is 1. The lowest BCUT2D eigenvalue weighted by molar-refractivity contribution is -0.121. The molecule has 1 aromatic carbocycles. The first kappa shape index (κ1) is 16.7. The normalized spacial score (nSPS) is 21.4. The van der Waals surface area contributed by atoms with Gasteiger partial charge in [0.05, 0.1) is 13.2 Å². The summed E-state index contributed by atoms with van der Waals surface area (Å²) in [4.78, 5) is 11.9. The van der Waals surface area contributed by atoms with Crippen molar-refractivity contribution in [1.82, 2.24) is 5.32 Å². The Bertz CT molecular complexity index is 507. The largest absolute Gasteiger partial charge is 0.494 e. The molecule has 4 nitrogen and oxygen atoms in total. The second-order valence-electron chi connectivity index (χ2n) is 5.96. The van der Waals surface area contributed by atoms with Crippen LogP contribution in [0.15, 0.2) is 18.2 Å². The number of nitrogens with one attached hydrogen (secondary N) is 1. The Morgan fingerprint density at radius 1 is 1.45 bits per heavy atom. The van der Waals surface area contributed by atoms with Crippen molar-refractivity contribution in [2.45, 2.75) is 44.6 Å². The molecule has 0 saturated heterocycles. The number of amides is 1. The lowest BCUT2D eigenvalue weighted by Crippen LogP contribution is -2.33. The Morgan fingerprint density at radius 3 is 2.95 bits per heavy atom. The Morgan fingerprint density at radius 2 is 2.27 bits per heavy atom. The van der Waals surface area contributed by atoms with E-state index in [4.69, 9.17) is 4.74 Å². The van der Waals surface area contributed by atoms with Crippen molar-refractivity contribution < 1.29 is 19.0 Å². The third kappa shape index (κ3) is 4.98. The number of hydrogen-bond acceptors (Lipinski definition) is 3. The third-order valence-electron chi connectivity index (χ3n) is 4.20. The summed E-state index contributed by atoms with van der Waals surface area (Å²) in [6.07, 6.45) is 4.32. The highest BCUT2D eigenvalue weighted by Crippen LogP contribution is 2.23. The van der Waals surface area contributed by atoms with E-state index in [9.17, 15) is 14.3 Å². The van der Waals surface area contributed by atoms with E-state index in [-0.39, 0.29) is 17.8 Å². The van der Waals surface area contributed by atoms with Gasteiger partial charge < -0.3 is 15.2 Å². The van der Waals surface area contributed by atoms with Crippen LogP contribution in [0.2, 0.25) is 0 Å². The quantitative estimate of drug-likeness (QED) is 0.848. The highest BCUT2D eigenvalue weighted by molar-refractivity contribution is 5.76. The molecule has 0 spiro atoms. The van der Waals surface area contributed by atoms with Crippen LogP contribution < -0.4 is 10.1 Å². The molecule has 1 fully saturated rings. The van der Waals surface area contributed by atoms with E-state index in [1.54, 1.807) is 12.1 Å². The van der Waals surface area contributed by atoms with Crippen LogP contribution in [0.4, 0.5) is 4.39 Å². The van der Waals surface area contributed by atoms with E-state index in [2.05, 4.69) is 5.32 Å². The number of benzene rings is 1. The van der Waals surface area contributed by atoms with E-state index < -0.39 is 5.82 Å². The first-order chi connectivity index (χ1) is 10.6. The molecule has 0 aliphatic heterocycles. The smallest absolute Gasteiger partial charge is 0.220 e. The number of halogens is 1. The SMILES string of the molecule is COc1ccc(CCC(=O)NCC2CCCC(O)C2)cc1F. The van der Waals surface area contributed by atoms with Gasteiger partial charge in [-0.1, -0.05) is 12.5 Å². The highest BCUT2D eigenvalue weighted by atomic mass is 19.1. The number of carbonyl (C=O) groups excluding carboxylic acids is 1. The molecule has 0 bridgehead atoms. The zero-order chi connectivity index (χ0) is 15.9. The maximum absolute atomic E-state index is 13.6. The van der Waals surface area contributed by atoms with Crippen molar-refractivity contribution in [3.05, 3.63) is 29.6 Å². The third-order valence-corrected chi connectivity index (χ3v) is 4.20. The number of carbonyl (C=O) groups is 1. The zero-order valence-electron chi connectivity index (χ0n) is 13.0. The van der Waals surface area contributed by atoms with Crippen molar-refractivity contribution in [1.29, 1.82) is 0 Å². The molecule has 0 heterocycles. The second kappa shape index (κ2) is 8.13. The van der Waals surface area contributed by atoms with Crippen LogP contribution in [0, 0.1) is 11.7 Å². The van der Waals surface area contributed by atoms with Gasteiger partial charge in [-0.25, -0.2) is 4.39 Å². The van der Waals surface area contributed by atoms with Crippen LogP contribution in [0.25, 0.3) is 0 Å². The first-order valence-corrected chi connectivity index (χ1v) is 7.85. The van der Waals surface area contributed by atoms with Crippen LogP contribution >= 0.6 is 0 Å². The van der Waals surface area contributed by atoms with Gasteiger partial charge in [0, 0.05) is 13.0 Å². The summed E-state index contributed by atoms with van der Waals surface area (Å²) in [5.41, 5.74) is 0.779.